The van der Waals surface area contributed by atoms with Crippen LogP contribution in [0.3, 0.4) is 0 Å². The number of hydrogen-bond donors (Lipinski definition) is 0. The molecule has 1 atom stereocenters. The molecule has 1 aliphatic heterocycles. The van der Waals surface area contributed by atoms with Crippen LogP contribution in [-0.4, -0.2) is 35.4 Å². The normalized spacial score (nSPS) is 16.8. The summed E-state index contributed by atoms with van der Waals surface area (Å²) in [4.78, 5) is 23.7. The SMILES string of the molecule is COCc1c(F)cnc2nc(N3CCC[C@@H]3C(=O)CCc3ccccc3)sc12. The van der Waals surface area contributed by atoms with Gasteiger partial charge in [-0.1, -0.05) is 41.7 Å². The van der Waals surface area contributed by atoms with Crippen LogP contribution in [-0.2, 0) is 22.6 Å². The van der Waals surface area contributed by atoms with Crippen molar-refractivity contribution < 1.29 is 13.9 Å². The number of thiazole rings is 1. The number of ketones is 1. The molecule has 28 heavy (non-hydrogen) atoms. The number of rotatable bonds is 7. The van der Waals surface area contributed by atoms with E-state index in [-0.39, 0.29) is 24.2 Å². The van der Waals surface area contributed by atoms with Crippen LogP contribution in [0.25, 0.3) is 10.3 Å². The first-order valence-corrected chi connectivity index (χ1v) is 10.2. The predicted molar refractivity (Wildman–Crippen MR) is 108 cm³/mol. The Hall–Kier alpha value is -2.38. The molecule has 7 heteroatoms. The van der Waals surface area contributed by atoms with Crippen molar-refractivity contribution >= 4 is 32.6 Å². The summed E-state index contributed by atoms with van der Waals surface area (Å²) in [5.41, 5.74) is 2.16. The maximum atomic E-state index is 14.1. The van der Waals surface area contributed by atoms with Gasteiger partial charge in [0.15, 0.2) is 16.6 Å². The Morgan fingerprint density at radius 3 is 2.96 bits per heavy atom. The number of halogens is 1. The van der Waals surface area contributed by atoms with E-state index in [2.05, 4.69) is 14.9 Å². The maximum absolute atomic E-state index is 14.1. The summed E-state index contributed by atoms with van der Waals surface area (Å²) in [5.74, 6) is -0.154. The van der Waals surface area contributed by atoms with E-state index in [9.17, 15) is 9.18 Å². The molecule has 3 aromatic rings. The van der Waals surface area contributed by atoms with Gasteiger partial charge in [-0.15, -0.1) is 0 Å². The number of fused-ring (bicyclic) bond motifs is 1. The topological polar surface area (TPSA) is 55.3 Å². The first-order chi connectivity index (χ1) is 13.7. The highest BCUT2D eigenvalue weighted by Crippen LogP contribution is 2.35. The van der Waals surface area contributed by atoms with Gasteiger partial charge in [0.05, 0.1) is 23.5 Å². The van der Waals surface area contributed by atoms with Gasteiger partial charge in [-0.05, 0) is 24.8 Å². The van der Waals surface area contributed by atoms with Gasteiger partial charge in [-0.2, -0.15) is 4.98 Å². The predicted octanol–water partition coefficient (Wildman–Crippen LogP) is 4.15. The molecule has 0 spiro atoms. The van der Waals surface area contributed by atoms with E-state index in [0.717, 1.165) is 30.9 Å². The summed E-state index contributed by atoms with van der Waals surface area (Å²) in [5, 5.41) is 0.737. The summed E-state index contributed by atoms with van der Waals surface area (Å²) in [6.07, 6.45) is 4.22. The number of aryl methyl sites for hydroxylation is 1. The molecule has 1 aliphatic rings. The number of ether oxygens (including phenoxy) is 1. The van der Waals surface area contributed by atoms with Crippen LogP contribution in [0.5, 0.6) is 0 Å². The van der Waals surface area contributed by atoms with Crippen molar-refractivity contribution in [2.75, 3.05) is 18.6 Å². The van der Waals surface area contributed by atoms with E-state index in [4.69, 9.17) is 4.74 Å². The second-order valence-corrected chi connectivity index (χ2v) is 7.95. The fourth-order valence-corrected chi connectivity index (χ4v) is 4.82. The molecule has 3 heterocycles. The zero-order chi connectivity index (χ0) is 19.5. The summed E-state index contributed by atoms with van der Waals surface area (Å²) in [7, 11) is 1.54. The molecule has 0 amide bonds. The van der Waals surface area contributed by atoms with Gasteiger partial charge in [0.1, 0.15) is 5.82 Å². The third kappa shape index (κ3) is 3.77. The number of pyridine rings is 1. The zero-order valence-corrected chi connectivity index (χ0v) is 16.5. The van der Waals surface area contributed by atoms with Gasteiger partial charge in [0.2, 0.25) is 0 Å². The number of nitrogens with zero attached hydrogens (tertiary/aromatic N) is 3. The number of aromatic nitrogens is 2. The van der Waals surface area contributed by atoms with Crippen LogP contribution >= 0.6 is 11.3 Å². The molecule has 1 aromatic carbocycles. The summed E-state index contributed by atoms with van der Waals surface area (Å²) in [6, 6.07) is 9.89. The zero-order valence-electron chi connectivity index (χ0n) is 15.7. The number of carbonyl (C=O) groups excluding carboxylic acids is 1. The van der Waals surface area contributed by atoms with Crippen molar-refractivity contribution in [3.8, 4) is 0 Å². The Kier molecular flexibility index (Phi) is 5.64. The molecule has 0 N–H and O–H groups in total. The lowest BCUT2D eigenvalue weighted by molar-refractivity contribution is -0.120. The lowest BCUT2D eigenvalue weighted by Gasteiger charge is -2.22. The van der Waals surface area contributed by atoms with Crippen molar-refractivity contribution in [2.45, 2.75) is 38.3 Å². The highest BCUT2D eigenvalue weighted by atomic mass is 32.1. The third-order valence-electron chi connectivity index (χ3n) is 5.12. The van der Waals surface area contributed by atoms with Crippen LogP contribution in [0.15, 0.2) is 36.5 Å². The van der Waals surface area contributed by atoms with E-state index < -0.39 is 0 Å². The average Bonchev–Trinajstić information content (AvgIpc) is 3.36. The van der Waals surface area contributed by atoms with E-state index in [1.165, 1.54) is 30.2 Å². The smallest absolute Gasteiger partial charge is 0.188 e. The van der Waals surface area contributed by atoms with Crippen molar-refractivity contribution in [1.82, 2.24) is 9.97 Å². The second kappa shape index (κ2) is 8.32. The molecular formula is C21H22FN3O2S. The van der Waals surface area contributed by atoms with Crippen LogP contribution < -0.4 is 4.90 Å². The number of anilines is 1. The lowest BCUT2D eigenvalue weighted by atomic mass is 10.0. The quantitative estimate of drug-likeness (QED) is 0.597. The van der Waals surface area contributed by atoms with Crippen molar-refractivity contribution in [1.29, 1.82) is 0 Å². The molecular weight excluding hydrogens is 377 g/mol. The average molecular weight is 399 g/mol. The second-order valence-electron chi connectivity index (χ2n) is 6.97. The van der Waals surface area contributed by atoms with Gasteiger partial charge in [0, 0.05) is 25.6 Å². The van der Waals surface area contributed by atoms with E-state index in [0.29, 0.717) is 22.3 Å². The lowest BCUT2D eigenvalue weighted by Crippen LogP contribution is -2.36. The van der Waals surface area contributed by atoms with Crippen LogP contribution in [0.1, 0.15) is 30.4 Å². The molecule has 0 bridgehead atoms. The minimum Gasteiger partial charge on any atom is -0.380 e. The molecule has 146 valence electrons. The van der Waals surface area contributed by atoms with Crippen LogP contribution in [0.2, 0.25) is 0 Å². The third-order valence-corrected chi connectivity index (χ3v) is 6.26. The van der Waals surface area contributed by atoms with Crippen LogP contribution in [0.4, 0.5) is 9.52 Å². The van der Waals surface area contributed by atoms with Gasteiger partial charge >= 0.3 is 0 Å². The molecule has 0 saturated carbocycles. The molecule has 4 rings (SSSR count). The highest BCUT2D eigenvalue weighted by Gasteiger charge is 2.32. The van der Waals surface area contributed by atoms with Crippen LogP contribution in [0, 0.1) is 5.82 Å². The Balaban J connectivity index is 1.54. The Bertz CT molecular complexity index is 976. The number of benzene rings is 1. The largest absolute Gasteiger partial charge is 0.380 e. The fourth-order valence-electron chi connectivity index (χ4n) is 3.70. The minimum absolute atomic E-state index is 0.167. The highest BCUT2D eigenvalue weighted by molar-refractivity contribution is 7.22. The van der Waals surface area contributed by atoms with Gasteiger partial charge in [0.25, 0.3) is 0 Å². The van der Waals surface area contributed by atoms with E-state index in [1.807, 2.05) is 30.3 Å². The maximum Gasteiger partial charge on any atom is 0.188 e. The molecule has 1 saturated heterocycles. The Morgan fingerprint density at radius 1 is 1.36 bits per heavy atom. The first kappa shape index (κ1) is 19.0. The van der Waals surface area contributed by atoms with Crippen molar-refractivity contribution in [3.05, 3.63) is 53.5 Å². The monoisotopic (exact) mass is 399 g/mol. The Morgan fingerprint density at radius 2 is 2.18 bits per heavy atom. The number of carbonyl (C=O) groups is 1. The molecule has 2 aromatic heterocycles. The molecule has 0 aliphatic carbocycles. The number of methoxy groups -OCH3 is 1. The standard InChI is InChI=1S/C21H22FN3O2S/c1-27-13-15-16(22)12-23-20-19(15)28-21(24-20)25-11-5-8-17(25)18(26)10-9-14-6-3-2-4-7-14/h2-4,6-7,12,17H,5,8-11,13H2,1H3/t17-/m1/s1. The summed E-state index contributed by atoms with van der Waals surface area (Å²) in [6.45, 7) is 0.954. The number of Topliss-reactive ketones (excluding diaryl/α,β-unsaturated/α-hetero) is 1. The molecule has 0 radical (unpaired) electrons. The molecule has 0 unspecified atom stereocenters. The Labute approximate surface area is 167 Å². The van der Waals surface area contributed by atoms with Gasteiger partial charge in [-0.25, -0.2) is 9.37 Å². The summed E-state index contributed by atoms with van der Waals surface area (Å²) >= 11 is 1.39. The first-order valence-electron chi connectivity index (χ1n) is 9.43. The van der Waals surface area contributed by atoms with Crippen molar-refractivity contribution in [3.63, 3.8) is 0 Å². The molecule has 5 nitrogen and oxygen atoms in total. The van der Waals surface area contributed by atoms with Crippen molar-refractivity contribution in [2.24, 2.45) is 0 Å². The summed E-state index contributed by atoms with van der Waals surface area (Å²) < 4.78 is 20.0. The fraction of sp³-hybridized carbons (Fsp3) is 0.381. The van der Waals surface area contributed by atoms with Gasteiger partial charge < -0.3 is 9.64 Å². The van der Waals surface area contributed by atoms with E-state index in [1.54, 1.807) is 0 Å². The number of hydrogen-bond acceptors (Lipinski definition) is 6. The van der Waals surface area contributed by atoms with Gasteiger partial charge in [-0.3, -0.25) is 4.79 Å². The van der Waals surface area contributed by atoms with E-state index >= 15 is 0 Å². The minimum atomic E-state index is -0.388. The molecule has 1 fully saturated rings.